The molecule has 30 heavy (non-hydrogen) atoms. The van der Waals surface area contributed by atoms with Crippen molar-refractivity contribution in [2.24, 2.45) is 35.5 Å². The minimum absolute atomic E-state index is 0.0152. The van der Waals surface area contributed by atoms with E-state index in [0.717, 1.165) is 62.1 Å². The quantitative estimate of drug-likeness (QED) is 0.412. The number of hydrogen-bond donors (Lipinski definition) is 0. The highest BCUT2D eigenvalue weighted by Crippen LogP contribution is 2.46. The maximum atomic E-state index is 11.8. The topological polar surface area (TPSA) is 44.8 Å². The first-order chi connectivity index (χ1) is 14.7. The van der Waals surface area contributed by atoms with Crippen LogP contribution in [0.1, 0.15) is 83.5 Å². The highest BCUT2D eigenvalue weighted by Gasteiger charge is 2.35. The van der Waals surface area contributed by atoms with E-state index in [1.165, 1.54) is 71.3 Å². The molecule has 4 rings (SSSR count). The average molecular weight is 419 g/mol. The Morgan fingerprint density at radius 1 is 0.700 bits per heavy atom. The molecule has 4 aliphatic rings. The number of esters is 1. The molecular formula is C26H42O4. The molecule has 0 atom stereocenters. The van der Waals surface area contributed by atoms with Gasteiger partial charge in [-0.15, -0.1) is 0 Å². The molecule has 4 fully saturated rings. The van der Waals surface area contributed by atoms with Crippen LogP contribution >= 0.6 is 0 Å². The lowest BCUT2D eigenvalue weighted by Gasteiger charge is -2.41. The third-order valence-corrected chi connectivity index (χ3v) is 8.67. The van der Waals surface area contributed by atoms with Crippen LogP contribution in [0.2, 0.25) is 0 Å². The van der Waals surface area contributed by atoms with Crippen LogP contribution in [0.5, 0.6) is 0 Å². The Balaban J connectivity index is 1.14. The van der Waals surface area contributed by atoms with Gasteiger partial charge < -0.3 is 14.2 Å². The predicted molar refractivity (Wildman–Crippen MR) is 118 cm³/mol. The second kappa shape index (κ2) is 11.1. The molecule has 0 bridgehead atoms. The molecule has 0 spiro atoms. The number of ether oxygens (including phenoxy) is 3. The van der Waals surface area contributed by atoms with Gasteiger partial charge in [-0.2, -0.15) is 0 Å². The molecule has 0 aromatic rings. The van der Waals surface area contributed by atoms with E-state index >= 15 is 0 Å². The summed E-state index contributed by atoms with van der Waals surface area (Å²) >= 11 is 0. The van der Waals surface area contributed by atoms with Gasteiger partial charge in [0.05, 0.1) is 26.2 Å². The van der Waals surface area contributed by atoms with Crippen LogP contribution in [0.15, 0.2) is 12.2 Å². The molecule has 170 valence electrons. The summed E-state index contributed by atoms with van der Waals surface area (Å²) in [5, 5.41) is 0. The minimum Gasteiger partial charge on any atom is -0.469 e. The van der Waals surface area contributed by atoms with Crippen molar-refractivity contribution in [1.82, 2.24) is 0 Å². The summed E-state index contributed by atoms with van der Waals surface area (Å²) in [6, 6.07) is 0. The van der Waals surface area contributed by atoms with Crippen molar-refractivity contribution in [2.75, 3.05) is 20.3 Å². The Morgan fingerprint density at radius 3 is 1.67 bits per heavy atom. The van der Waals surface area contributed by atoms with Crippen molar-refractivity contribution < 1.29 is 19.0 Å². The molecule has 0 radical (unpaired) electrons. The van der Waals surface area contributed by atoms with Crippen molar-refractivity contribution in [1.29, 1.82) is 0 Å². The second-order valence-corrected chi connectivity index (χ2v) is 10.3. The van der Waals surface area contributed by atoms with Gasteiger partial charge in [0, 0.05) is 0 Å². The van der Waals surface area contributed by atoms with E-state index in [2.05, 4.69) is 12.2 Å². The summed E-state index contributed by atoms with van der Waals surface area (Å²) in [4.78, 5) is 11.8. The zero-order chi connectivity index (χ0) is 20.8. The highest BCUT2D eigenvalue weighted by atomic mass is 16.7. The summed E-state index contributed by atoms with van der Waals surface area (Å²) in [6.07, 6.45) is 21.2. The normalized spacial score (nSPS) is 39.1. The van der Waals surface area contributed by atoms with Gasteiger partial charge in [-0.3, -0.25) is 4.79 Å². The molecule has 4 nitrogen and oxygen atoms in total. The lowest BCUT2D eigenvalue weighted by molar-refractivity contribution is -0.150. The lowest BCUT2D eigenvalue weighted by atomic mass is 9.65. The minimum atomic E-state index is -0.102. The van der Waals surface area contributed by atoms with Crippen LogP contribution in [0.25, 0.3) is 0 Å². The zero-order valence-corrected chi connectivity index (χ0v) is 18.9. The SMILES string of the molecule is COC(=O)[C@H]1CC[C@H](C2CCC([C@H]3CC[C@H](C=CC4OCCCO4)CC3)CC2)CC1. The van der Waals surface area contributed by atoms with Crippen LogP contribution in [0.4, 0.5) is 0 Å². The van der Waals surface area contributed by atoms with E-state index in [9.17, 15) is 4.79 Å². The first kappa shape index (κ1) is 22.3. The van der Waals surface area contributed by atoms with Crippen molar-refractivity contribution in [3.05, 3.63) is 12.2 Å². The summed E-state index contributed by atoms with van der Waals surface area (Å²) in [7, 11) is 1.53. The standard InChI is InChI=1S/C26H42O4/c1-28-26(27)24-14-12-23(13-15-24)22-10-8-21(9-11-22)20-6-3-19(4-7-20)5-16-25-29-17-2-18-30-25/h5,16,19-25H,2-4,6-15,17-18H2,1H3/t19-,20-,21?,22?,23-,24-. The molecule has 1 aliphatic heterocycles. The van der Waals surface area contributed by atoms with Gasteiger partial charge in [-0.05, 0) is 119 Å². The molecule has 1 saturated heterocycles. The third-order valence-electron chi connectivity index (χ3n) is 8.67. The zero-order valence-electron chi connectivity index (χ0n) is 18.9. The summed E-state index contributed by atoms with van der Waals surface area (Å²) in [6.45, 7) is 1.66. The van der Waals surface area contributed by atoms with E-state index in [-0.39, 0.29) is 18.2 Å². The Bertz CT molecular complexity index is 543. The lowest BCUT2D eigenvalue weighted by Crippen LogP contribution is -2.31. The van der Waals surface area contributed by atoms with Crippen molar-refractivity contribution in [2.45, 2.75) is 89.8 Å². The molecule has 0 amide bonds. The van der Waals surface area contributed by atoms with E-state index in [1.54, 1.807) is 0 Å². The number of carbonyl (C=O) groups is 1. The van der Waals surface area contributed by atoms with E-state index < -0.39 is 0 Å². The monoisotopic (exact) mass is 418 g/mol. The van der Waals surface area contributed by atoms with Crippen molar-refractivity contribution >= 4 is 5.97 Å². The number of methoxy groups -OCH3 is 1. The molecular weight excluding hydrogens is 376 g/mol. The molecule has 0 unspecified atom stereocenters. The van der Waals surface area contributed by atoms with Gasteiger partial charge in [0.2, 0.25) is 0 Å². The molecule has 1 heterocycles. The van der Waals surface area contributed by atoms with Crippen LogP contribution in [0.3, 0.4) is 0 Å². The fraction of sp³-hybridized carbons (Fsp3) is 0.885. The average Bonchev–Trinajstić information content (AvgIpc) is 2.83. The number of allylic oxidation sites excluding steroid dienone is 1. The van der Waals surface area contributed by atoms with Gasteiger partial charge >= 0.3 is 5.97 Å². The van der Waals surface area contributed by atoms with Crippen LogP contribution < -0.4 is 0 Å². The summed E-state index contributed by atoms with van der Waals surface area (Å²) in [5.41, 5.74) is 0. The summed E-state index contributed by atoms with van der Waals surface area (Å²) < 4.78 is 16.2. The Morgan fingerprint density at radius 2 is 1.17 bits per heavy atom. The molecule has 3 saturated carbocycles. The fourth-order valence-corrected chi connectivity index (χ4v) is 6.75. The third kappa shape index (κ3) is 5.88. The Kier molecular flexibility index (Phi) is 8.28. The van der Waals surface area contributed by atoms with Gasteiger partial charge in [0.1, 0.15) is 0 Å². The number of rotatable bonds is 5. The van der Waals surface area contributed by atoms with Gasteiger partial charge in [0.25, 0.3) is 0 Å². The Hall–Kier alpha value is -0.870. The van der Waals surface area contributed by atoms with Crippen molar-refractivity contribution in [3.63, 3.8) is 0 Å². The Labute approximate surface area is 183 Å². The van der Waals surface area contributed by atoms with Gasteiger partial charge in [0.15, 0.2) is 6.29 Å². The fourth-order valence-electron chi connectivity index (χ4n) is 6.75. The van der Waals surface area contributed by atoms with Gasteiger partial charge in [-0.1, -0.05) is 6.08 Å². The predicted octanol–water partition coefficient (Wildman–Crippen LogP) is 5.90. The van der Waals surface area contributed by atoms with Crippen LogP contribution in [0, 0.1) is 35.5 Å². The smallest absolute Gasteiger partial charge is 0.308 e. The molecule has 3 aliphatic carbocycles. The summed E-state index contributed by atoms with van der Waals surface area (Å²) in [5.74, 6) is 4.59. The van der Waals surface area contributed by atoms with E-state index in [1.807, 2.05) is 0 Å². The van der Waals surface area contributed by atoms with E-state index in [4.69, 9.17) is 14.2 Å². The van der Waals surface area contributed by atoms with Crippen LogP contribution in [-0.2, 0) is 19.0 Å². The maximum absolute atomic E-state index is 11.8. The first-order valence-electron chi connectivity index (χ1n) is 12.7. The number of hydrogen-bond acceptors (Lipinski definition) is 4. The highest BCUT2D eigenvalue weighted by molar-refractivity contribution is 5.72. The molecule has 0 aromatic carbocycles. The van der Waals surface area contributed by atoms with E-state index in [0.29, 0.717) is 0 Å². The molecule has 0 N–H and O–H groups in total. The van der Waals surface area contributed by atoms with Crippen molar-refractivity contribution in [3.8, 4) is 0 Å². The molecule has 4 heteroatoms. The largest absolute Gasteiger partial charge is 0.469 e. The first-order valence-corrected chi connectivity index (χ1v) is 12.7. The second-order valence-electron chi connectivity index (χ2n) is 10.3. The van der Waals surface area contributed by atoms with Crippen LogP contribution in [-0.4, -0.2) is 32.6 Å². The molecule has 0 aromatic heterocycles. The maximum Gasteiger partial charge on any atom is 0.308 e. The number of carbonyl (C=O) groups excluding carboxylic acids is 1. The van der Waals surface area contributed by atoms with Gasteiger partial charge in [-0.25, -0.2) is 0 Å².